The third kappa shape index (κ3) is 7.30. The van der Waals surface area contributed by atoms with Crippen molar-refractivity contribution in [2.75, 3.05) is 5.75 Å². The van der Waals surface area contributed by atoms with Gasteiger partial charge in [-0.05, 0) is 18.2 Å². The first-order chi connectivity index (χ1) is 5.58. The van der Waals surface area contributed by atoms with E-state index in [1.807, 2.05) is 11.5 Å². The Morgan fingerprint density at radius 2 is 2.15 bits per heavy atom. The van der Waals surface area contributed by atoms with E-state index in [2.05, 4.69) is 0 Å². The van der Waals surface area contributed by atoms with Crippen molar-refractivity contribution in [2.24, 2.45) is 0 Å². The Bertz CT molecular complexity index is 262. The fourth-order valence-corrected chi connectivity index (χ4v) is 3.64. The molecule has 0 aromatic carbocycles. The fourth-order valence-electron chi connectivity index (χ4n) is 0.861. The zero-order valence-corrected chi connectivity index (χ0v) is 11.8. The smallest absolute Gasteiger partial charge is 0.748 e. The van der Waals surface area contributed by atoms with E-state index < -0.39 is 10.1 Å². The van der Waals surface area contributed by atoms with Crippen molar-refractivity contribution in [3.05, 3.63) is 11.5 Å². The van der Waals surface area contributed by atoms with Crippen LogP contribution in [0, 0.1) is 0 Å². The van der Waals surface area contributed by atoms with Crippen molar-refractivity contribution < 1.29 is 42.5 Å². The summed E-state index contributed by atoms with van der Waals surface area (Å²) in [6.45, 7) is 0. The first-order valence-electron chi connectivity index (χ1n) is 3.50. The topological polar surface area (TPSA) is 57.2 Å². The van der Waals surface area contributed by atoms with Gasteiger partial charge in [0.2, 0.25) is 0 Å². The predicted octanol–water partition coefficient (Wildman–Crippen LogP) is -1.41. The Kier molecular flexibility index (Phi) is 7.47. The van der Waals surface area contributed by atoms with Gasteiger partial charge in [0, 0.05) is 11.0 Å². The average Bonchev–Trinajstić information content (AvgIpc) is 2.36. The molecule has 0 bridgehead atoms. The van der Waals surface area contributed by atoms with Crippen molar-refractivity contribution in [3.8, 4) is 0 Å². The normalized spacial score (nSPS) is 21.5. The molecule has 0 spiro atoms. The second-order valence-corrected chi connectivity index (χ2v) is 6.40. The summed E-state index contributed by atoms with van der Waals surface area (Å²) < 4.78 is 30.7. The van der Waals surface area contributed by atoms with Gasteiger partial charge in [0.1, 0.15) is 0 Å². The molecule has 0 amide bonds. The van der Waals surface area contributed by atoms with Crippen LogP contribution in [-0.2, 0) is 10.1 Å². The maximum absolute atomic E-state index is 10.2. The van der Waals surface area contributed by atoms with Crippen molar-refractivity contribution in [2.45, 2.75) is 18.1 Å². The summed E-state index contributed by atoms with van der Waals surface area (Å²) >= 11 is 0. The zero-order chi connectivity index (χ0) is 9.03. The second kappa shape index (κ2) is 6.76. The molecule has 0 aliphatic carbocycles. The predicted molar refractivity (Wildman–Crippen MR) is 51.9 cm³/mol. The molecule has 0 fully saturated rings. The molecule has 70 valence electrons. The van der Waals surface area contributed by atoms with Crippen molar-refractivity contribution in [3.63, 3.8) is 0 Å². The number of hydrogen-bond acceptors (Lipinski definition) is 5. The van der Waals surface area contributed by atoms with Crippen LogP contribution < -0.4 is 29.6 Å². The zero-order valence-electron chi connectivity index (χ0n) is 7.30. The van der Waals surface area contributed by atoms with Crippen LogP contribution in [0.3, 0.4) is 0 Å². The van der Waals surface area contributed by atoms with Gasteiger partial charge in [-0.2, -0.15) is 0 Å². The molecule has 1 atom stereocenters. The van der Waals surface area contributed by atoms with Gasteiger partial charge in [0.05, 0.1) is 10.1 Å². The molecule has 13 heavy (non-hydrogen) atoms. The van der Waals surface area contributed by atoms with Crippen LogP contribution in [0.1, 0.15) is 12.8 Å². The molecular weight excluding hydrogens is 239 g/mol. The molecule has 1 rings (SSSR count). The van der Waals surface area contributed by atoms with Crippen molar-refractivity contribution in [1.82, 2.24) is 0 Å². The van der Waals surface area contributed by atoms with Crippen molar-refractivity contribution >= 4 is 31.7 Å². The van der Waals surface area contributed by atoms with Gasteiger partial charge in [-0.25, -0.2) is 8.42 Å². The van der Waals surface area contributed by atoms with E-state index in [-0.39, 0.29) is 35.3 Å². The molecule has 1 unspecified atom stereocenters. The molecule has 0 saturated heterocycles. The molecule has 3 nitrogen and oxygen atoms in total. The largest absolute Gasteiger partial charge is 1.00 e. The van der Waals surface area contributed by atoms with Gasteiger partial charge in [0.25, 0.3) is 0 Å². The van der Waals surface area contributed by atoms with E-state index in [9.17, 15) is 13.0 Å². The molecule has 1 aliphatic heterocycles. The molecule has 7 heteroatoms. The van der Waals surface area contributed by atoms with Crippen LogP contribution in [0.5, 0.6) is 0 Å². The molecule has 0 N–H and O–H groups in total. The van der Waals surface area contributed by atoms with Crippen LogP contribution in [0.2, 0.25) is 0 Å². The van der Waals surface area contributed by atoms with Gasteiger partial charge in [-0.15, -0.1) is 0 Å². The summed E-state index contributed by atoms with van der Waals surface area (Å²) in [5, 5.41) is 2.37. The number of hydrogen-bond donors (Lipinski definition) is 0. The van der Waals surface area contributed by atoms with Crippen LogP contribution in [-0.4, -0.2) is 24.0 Å². The van der Waals surface area contributed by atoms with E-state index in [1.54, 1.807) is 21.6 Å². The molecule has 1 aliphatic rings. The first-order valence-corrected chi connectivity index (χ1v) is 7.36. The molecule has 0 radical (unpaired) electrons. The van der Waals surface area contributed by atoms with Gasteiger partial charge < -0.3 is 4.55 Å². The summed E-state index contributed by atoms with van der Waals surface area (Å²) in [5.41, 5.74) is 0. The summed E-state index contributed by atoms with van der Waals surface area (Å²) in [7, 11) is -0.656. The molecule has 1 heterocycles. The Labute approximate surface area is 109 Å². The molecule has 0 aromatic heterocycles. The van der Waals surface area contributed by atoms with E-state index in [1.165, 1.54) is 0 Å². The monoisotopic (exact) mass is 248 g/mol. The minimum Gasteiger partial charge on any atom is -0.748 e. The Morgan fingerprint density at radius 1 is 1.46 bits per heavy atom. The second-order valence-electron chi connectivity index (χ2n) is 2.46. The SMILES string of the molecule is O=S(=O)([O-])CCCC1C=CSS1.[Na+]. The van der Waals surface area contributed by atoms with E-state index in [0.717, 1.165) is 6.42 Å². The summed E-state index contributed by atoms with van der Waals surface area (Å²) in [5.74, 6) is -0.234. The van der Waals surface area contributed by atoms with E-state index in [0.29, 0.717) is 11.7 Å². The molecule has 0 aromatic rings. The summed E-state index contributed by atoms with van der Waals surface area (Å²) in [6, 6.07) is 0. The molecular formula is C6H9NaO3S3. The Morgan fingerprint density at radius 3 is 2.62 bits per heavy atom. The third-order valence-electron chi connectivity index (χ3n) is 1.41. The van der Waals surface area contributed by atoms with Crippen LogP contribution in [0.4, 0.5) is 0 Å². The minimum absolute atomic E-state index is 0. The maximum atomic E-state index is 10.2. The summed E-state index contributed by atoms with van der Waals surface area (Å²) in [6.07, 6.45) is 3.27. The minimum atomic E-state index is -4.01. The van der Waals surface area contributed by atoms with Gasteiger partial charge in [0.15, 0.2) is 0 Å². The summed E-state index contributed by atoms with van der Waals surface area (Å²) in [4.78, 5) is 0. The van der Waals surface area contributed by atoms with Crippen molar-refractivity contribution in [1.29, 1.82) is 0 Å². The Balaban J connectivity index is 0.00000144. The van der Waals surface area contributed by atoms with Crippen LogP contribution >= 0.6 is 21.6 Å². The van der Waals surface area contributed by atoms with E-state index in [4.69, 9.17) is 0 Å². The van der Waals surface area contributed by atoms with Gasteiger partial charge in [-0.3, -0.25) is 0 Å². The molecule has 0 saturated carbocycles. The van der Waals surface area contributed by atoms with Crippen LogP contribution in [0.25, 0.3) is 0 Å². The average molecular weight is 248 g/mol. The fraction of sp³-hybridized carbons (Fsp3) is 0.667. The van der Waals surface area contributed by atoms with Gasteiger partial charge in [-0.1, -0.05) is 27.7 Å². The first kappa shape index (κ1) is 14.3. The standard InChI is InChI=1S/C6H10O3S3.Na/c7-12(8,9)5-1-2-6-3-4-10-11-6;/h3-4,6H,1-2,5H2,(H,7,8,9);/q;+1/p-1. The Hall–Kier alpha value is 1.35. The maximum Gasteiger partial charge on any atom is 1.00 e. The van der Waals surface area contributed by atoms with Gasteiger partial charge >= 0.3 is 29.6 Å². The number of rotatable bonds is 4. The quantitative estimate of drug-likeness (QED) is 0.348. The van der Waals surface area contributed by atoms with Crippen LogP contribution in [0.15, 0.2) is 11.5 Å². The van der Waals surface area contributed by atoms with E-state index >= 15 is 0 Å². The third-order valence-corrected chi connectivity index (χ3v) is 4.63.